The molecule has 0 atom stereocenters. The minimum atomic E-state index is -0.281. The molecular weight excluding hydrogens is 306 g/mol. The van der Waals surface area contributed by atoms with E-state index in [1.807, 2.05) is 6.92 Å². The van der Waals surface area contributed by atoms with E-state index in [4.69, 9.17) is 9.15 Å². The second kappa shape index (κ2) is 7.00. The van der Waals surface area contributed by atoms with Crippen molar-refractivity contribution in [1.29, 1.82) is 0 Å². The van der Waals surface area contributed by atoms with Crippen LogP contribution in [-0.2, 0) is 0 Å². The summed E-state index contributed by atoms with van der Waals surface area (Å²) < 4.78 is 10.9. The molecule has 0 aliphatic rings. The van der Waals surface area contributed by atoms with Crippen molar-refractivity contribution in [2.75, 3.05) is 11.9 Å². The lowest BCUT2D eigenvalue weighted by Gasteiger charge is -2.08. The molecule has 24 heavy (non-hydrogen) atoms. The standard InChI is InChI=1S/C19H17NO4/c1-2-11-23-14-8-6-13(7-9-14)19(22)20-16-5-3-4-15-17(21)10-12-24-18(15)16/h3-10,12H,2,11H2,1H3,(H,20,22). The second-order valence-electron chi connectivity index (χ2n) is 5.29. The van der Waals surface area contributed by atoms with Gasteiger partial charge >= 0.3 is 0 Å². The third kappa shape index (κ3) is 3.30. The average molecular weight is 323 g/mol. The van der Waals surface area contributed by atoms with E-state index < -0.39 is 0 Å². The van der Waals surface area contributed by atoms with E-state index in [2.05, 4.69) is 5.32 Å². The Labute approximate surface area is 138 Å². The van der Waals surface area contributed by atoms with Crippen LogP contribution in [-0.4, -0.2) is 12.5 Å². The minimum Gasteiger partial charge on any atom is -0.494 e. The maximum absolute atomic E-state index is 12.4. The summed E-state index contributed by atoms with van der Waals surface area (Å²) in [4.78, 5) is 24.2. The van der Waals surface area contributed by atoms with Gasteiger partial charge in [-0.25, -0.2) is 0 Å². The van der Waals surface area contributed by atoms with Gasteiger partial charge in [0.2, 0.25) is 0 Å². The Morgan fingerprint density at radius 2 is 1.92 bits per heavy atom. The van der Waals surface area contributed by atoms with Crippen molar-refractivity contribution in [3.05, 3.63) is 70.6 Å². The van der Waals surface area contributed by atoms with E-state index in [-0.39, 0.29) is 11.3 Å². The third-order valence-corrected chi connectivity index (χ3v) is 3.52. The molecule has 3 rings (SSSR count). The molecule has 0 radical (unpaired) electrons. The smallest absolute Gasteiger partial charge is 0.255 e. The van der Waals surface area contributed by atoms with Crippen LogP contribution < -0.4 is 15.5 Å². The van der Waals surface area contributed by atoms with Crippen LogP contribution in [0.3, 0.4) is 0 Å². The van der Waals surface area contributed by atoms with E-state index in [1.54, 1.807) is 42.5 Å². The van der Waals surface area contributed by atoms with Crippen LogP contribution >= 0.6 is 0 Å². The predicted molar refractivity (Wildman–Crippen MR) is 92.7 cm³/mol. The number of fused-ring (bicyclic) bond motifs is 1. The molecule has 0 aliphatic heterocycles. The molecule has 0 unspecified atom stereocenters. The maximum atomic E-state index is 12.4. The lowest BCUT2D eigenvalue weighted by atomic mass is 10.1. The molecule has 0 bridgehead atoms. The summed E-state index contributed by atoms with van der Waals surface area (Å²) in [6.07, 6.45) is 2.24. The van der Waals surface area contributed by atoms with Gasteiger partial charge in [0.05, 0.1) is 23.9 Å². The molecule has 0 saturated heterocycles. The minimum absolute atomic E-state index is 0.148. The number of rotatable bonds is 5. The van der Waals surface area contributed by atoms with E-state index in [1.165, 1.54) is 12.3 Å². The summed E-state index contributed by atoms with van der Waals surface area (Å²) in [5.41, 5.74) is 1.17. The molecule has 1 N–H and O–H groups in total. The fraction of sp³-hybridized carbons (Fsp3) is 0.158. The average Bonchev–Trinajstić information content (AvgIpc) is 2.61. The first kappa shape index (κ1) is 15.8. The van der Waals surface area contributed by atoms with Gasteiger partial charge in [-0.15, -0.1) is 0 Å². The third-order valence-electron chi connectivity index (χ3n) is 3.52. The van der Waals surface area contributed by atoms with Gasteiger partial charge in [-0.1, -0.05) is 13.0 Å². The van der Waals surface area contributed by atoms with E-state index in [0.29, 0.717) is 28.8 Å². The van der Waals surface area contributed by atoms with Crippen molar-refractivity contribution in [2.45, 2.75) is 13.3 Å². The highest BCUT2D eigenvalue weighted by Crippen LogP contribution is 2.22. The van der Waals surface area contributed by atoms with Crippen molar-refractivity contribution < 1.29 is 13.9 Å². The van der Waals surface area contributed by atoms with Crippen LogP contribution in [0, 0.1) is 0 Å². The fourth-order valence-electron chi connectivity index (χ4n) is 2.33. The Kier molecular flexibility index (Phi) is 4.61. The number of hydrogen-bond acceptors (Lipinski definition) is 4. The first-order valence-corrected chi connectivity index (χ1v) is 7.74. The zero-order valence-electron chi connectivity index (χ0n) is 13.2. The summed E-state index contributed by atoms with van der Waals surface area (Å²) in [5, 5.41) is 3.21. The zero-order valence-corrected chi connectivity index (χ0v) is 13.2. The number of amides is 1. The van der Waals surface area contributed by atoms with Gasteiger partial charge in [0, 0.05) is 11.6 Å². The van der Waals surface area contributed by atoms with Crippen molar-refractivity contribution >= 4 is 22.6 Å². The number of nitrogens with one attached hydrogen (secondary N) is 1. The van der Waals surface area contributed by atoms with Crippen LogP contribution in [0.1, 0.15) is 23.7 Å². The van der Waals surface area contributed by atoms with E-state index >= 15 is 0 Å². The highest BCUT2D eigenvalue weighted by atomic mass is 16.5. The monoisotopic (exact) mass is 323 g/mol. The normalized spacial score (nSPS) is 10.5. The molecular formula is C19H17NO4. The van der Waals surface area contributed by atoms with E-state index in [9.17, 15) is 9.59 Å². The molecule has 1 heterocycles. The van der Waals surface area contributed by atoms with Crippen LogP contribution in [0.25, 0.3) is 11.0 Å². The number of carbonyl (C=O) groups excluding carboxylic acids is 1. The molecule has 3 aromatic rings. The fourth-order valence-corrected chi connectivity index (χ4v) is 2.33. The highest BCUT2D eigenvalue weighted by Gasteiger charge is 2.11. The first-order chi connectivity index (χ1) is 11.7. The van der Waals surface area contributed by atoms with Gasteiger partial charge in [0.1, 0.15) is 5.75 Å². The molecule has 0 saturated carbocycles. The molecule has 0 fully saturated rings. The van der Waals surface area contributed by atoms with Crippen LogP contribution in [0.4, 0.5) is 5.69 Å². The summed E-state index contributed by atoms with van der Waals surface area (Å²) in [5.74, 6) is 0.445. The Bertz CT molecular complexity index is 913. The lowest BCUT2D eigenvalue weighted by Crippen LogP contribution is -2.12. The van der Waals surface area contributed by atoms with Crippen LogP contribution in [0.2, 0.25) is 0 Å². The molecule has 1 aromatic heterocycles. The van der Waals surface area contributed by atoms with Gasteiger partial charge < -0.3 is 14.5 Å². The number of benzene rings is 2. The summed E-state index contributed by atoms with van der Waals surface area (Å²) in [6.45, 7) is 2.67. The van der Waals surface area contributed by atoms with Crippen LogP contribution in [0.15, 0.2) is 64.0 Å². The first-order valence-electron chi connectivity index (χ1n) is 7.74. The molecule has 2 aromatic carbocycles. The largest absolute Gasteiger partial charge is 0.494 e. The molecule has 5 nitrogen and oxygen atoms in total. The zero-order chi connectivity index (χ0) is 16.9. The molecule has 122 valence electrons. The Balaban J connectivity index is 1.82. The number of carbonyl (C=O) groups is 1. The van der Waals surface area contributed by atoms with Crippen molar-refractivity contribution in [3.63, 3.8) is 0 Å². The number of para-hydroxylation sites is 1. The predicted octanol–water partition coefficient (Wildman–Crippen LogP) is 3.83. The number of anilines is 1. The molecule has 1 amide bonds. The maximum Gasteiger partial charge on any atom is 0.255 e. The summed E-state index contributed by atoms with van der Waals surface area (Å²) in [7, 11) is 0. The second-order valence-corrected chi connectivity index (χ2v) is 5.29. The molecule has 0 spiro atoms. The van der Waals surface area contributed by atoms with Gasteiger partial charge in [-0.05, 0) is 42.8 Å². The SMILES string of the molecule is CCCOc1ccc(C(=O)Nc2cccc3c(=O)ccoc23)cc1. The highest BCUT2D eigenvalue weighted by molar-refractivity contribution is 6.07. The Morgan fingerprint density at radius 3 is 2.67 bits per heavy atom. The molecule has 5 heteroatoms. The molecule has 0 aliphatic carbocycles. The summed E-state index contributed by atoms with van der Waals surface area (Å²) >= 11 is 0. The number of ether oxygens (including phenoxy) is 1. The van der Waals surface area contributed by atoms with Gasteiger partial charge in [-0.3, -0.25) is 9.59 Å². The summed E-state index contributed by atoms with van der Waals surface area (Å²) in [6, 6.07) is 13.3. The topological polar surface area (TPSA) is 68.5 Å². The number of hydrogen-bond donors (Lipinski definition) is 1. The van der Waals surface area contributed by atoms with Gasteiger partial charge in [0.25, 0.3) is 5.91 Å². The van der Waals surface area contributed by atoms with Crippen molar-refractivity contribution in [1.82, 2.24) is 0 Å². The van der Waals surface area contributed by atoms with Crippen LogP contribution in [0.5, 0.6) is 5.75 Å². The Morgan fingerprint density at radius 1 is 1.12 bits per heavy atom. The van der Waals surface area contributed by atoms with Crippen molar-refractivity contribution in [2.24, 2.45) is 0 Å². The van der Waals surface area contributed by atoms with E-state index in [0.717, 1.165) is 12.2 Å². The lowest BCUT2D eigenvalue weighted by molar-refractivity contribution is 0.102. The van der Waals surface area contributed by atoms with Gasteiger partial charge in [0.15, 0.2) is 11.0 Å². The Hall–Kier alpha value is -3.08. The van der Waals surface area contributed by atoms with Crippen molar-refractivity contribution in [3.8, 4) is 5.75 Å². The quantitative estimate of drug-likeness (QED) is 0.774. The van der Waals surface area contributed by atoms with Gasteiger partial charge in [-0.2, -0.15) is 0 Å².